The van der Waals surface area contributed by atoms with Gasteiger partial charge in [-0.2, -0.15) is 0 Å². The fourth-order valence-electron chi connectivity index (χ4n) is 3.73. The Morgan fingerprint density at radius 2 is 1.95 bits per heavy atom. The molecule has 0 radical (unpaired) electrons. The van der Waals surface area contributed by atoms with Crippen molar-refractivity contribution in [3.8, 4) is 0 Å². The first-order valence-electron chi connectivity index (χ1n) is 8.39. The monoisotopic (exact) mass is 364 g/mol. The fraction of sp³-hybridized carbons (Fsp3) is 0.579. The van der Waals surface area contributed by atoms with Gasteiger partial charge < -0.3 is 0 Å². The van der Waals surface area contributed by atoms with Crippen LogP contribution in [0.1, 0.15) is 62.3 Å². The summed E-state index contributed by atoms with van der Waals surface area (Å²) in [6.45, 7) is 2.31. The van der Waals surface area contributed by atoms with Crippen molar-refractivity contribution in [2.24, 2.45) is 11.8 Å². The minimum Gasteiger partial charge on any atom is -0.143 e. The first-order valence-corrected chi connectivity index (χ1v) is 10.2. The molecule has 2 aromatic rings. The van der Waals surface area contributed by atoms with Gasteiger partial charge in [0.15, 0.2) is 0 Å². The largest absolute Gasteiger partial charge is 0.143 e. The fourth-order valence-corrected chi connectivity index (χ4v) is 5.81. The van der Waals surface area contributed by atoms with E-state index in [0.717, 1.165) is 11.8 Å². The minimum absolute atomic E-state index is 0.542. The third-order valence-corrected chi connectivity index (χ3v) is 7.30. The molecular formula is C19H25BrS. The van der Waals surface area contributed by atoms with Crippen LogP contribution in [-0.2, 0) is 0 Å². The molecular weight excluding hydrogens is 340 g/mol. The molecule has 0 nitrogen and oxygen atoms in total. The van der Waals surface area contributed by atoms with Gasteiger partial charge >= 0.3 is 0 Å². The van der Waals surface area contributed by atoms with Crippen molar-refractivity contribution in [1.29, 1.82) is 0 Å². The van der Waals surface area contributed by atoms with Crippen molar-refractivity contribution in [2.45, 2.75) is 56.7 Å². The zero-order chi connectivity index (χ0) is 14.7. The van der Waals surface area contributed by atoms with Crippen LogP contribution in [0.4, 0.5) is 0 Å². The molecule has 21 heavy (non-hydrogen) atoms. The standard InChI is InChI=1S/C19H25BrS/c1-2-3-6-14-9-11-15(12-10-14)19(20)17-13-21-18-8-5-4-7-16(17)18/h4-5,7-8,13-15,19H,2-3,6,9-12H2,1H3. The van der Waals surface area contributed by atoms with Crippen molar-refractivity contribution in [2.75, 3.05) is 0 Å². The average Bonchev–Trinajstić information content (AvgIpc) is 2.97. The number of alkyl halides is 1. The molecule has 0 saturated heterocycles. The van der Waals surface area contributed by atoms with Crippen LogP contribution in [0, 0.1) is 11.8 Å². The molecule has 0 amide bonds. The Balaban J connectivity index is 1.65. The van der Waals surface area contributed by atoms with E-state index in [1.54, 1.807) is 0 Å². The van der Waals surface area contributed by atoms with Crippen LogP contribution in [0.2, 0.25) is 0 Å². The highest BCUT2D eigenvalue weighted by Gasteiger charge is 2.28. The molecule has 1 aromatic heterocycles. The highest BCUT2D eigenvalue weighted by molar-refractivity contribution is 9.09. The van der Waals surface area contributed by atoms with Crippen molar-refractivity contribution in [1.82, 2.24) is 0 Å². The molecule has 1 aliphatic carbocycles. The van der Waals surface area contributed by atoms with Crippen molar-refractivity contribution < 1.29 is 0 Å². The normalized spacial score (nSPS) is 24.3. The zero-order valence-electron chi connectivity index (χ0n) is 12.9. The summed E-state index contributed by atoms with van der Waals surface area (Å²) >= 11 is 5.91. The highest BCUT2D eigenvalue weighted by atomic mass is 79.9. The van der Waals surface area contributed by atoms with Gasteiger partial charge in [-0.3, -0.25) is 0 Å². The van der Waals surface area contributed by atoms with Gasteiger partial charge in [0.1, 0.15) is 0 Å². The van der Waals surface area contributed by atoms with Crippen LogP contribution in [-0.4, -0.2) is 0 Å². The number of hydrogen-bond acceptors (Lipinski definition) is 1. The SMILES string of the molecule is CCCCC1CCC(C(Br)c2csc3ccccc23)CC1. The Labute approximate surface area is 141 Å². The quantitative estimate of drug-likeness (QED) is 0.487. The molecule has 1 aliphatic rings. The summed E-state index contributed by atoms with van der Waals surface area (Å²) in [5, 5.41) is 3.82. The number of hydrogen-bond donors (Lipinski definition) is 0. The molecule has 1 atom stereocenters. The third kappa shape index (κ3) is 3.53. The zero-order valence-corrected chi connectivity index (χ0v) is 15.3. The second-order valence-electron chi connectivity index (χ2n) is 6.51. The van der Waals surface area contributed by atoms with Crippen molar-refractivity contribution >= 4 is 37.4 Å². The highest BCUT2D eigenvalue weighted by Crippen LogP contribution is 2.45. The summed E-state index contributed by atoms with van der Waals surface area (Å²) < 4.78 is 1.42. The second kappa shape index (κ2) is 7.28. The van der Waals surface area contributed by atoms with E-state index >= 15 is 0 Å². The molecule has 1 saturated carbocycles. The van der Waals surface area contributed by atoms with Crippen LogP contribution in [0.5, 0.6) is 0 Å². The maximum atomic E-state index is 4.03. The van der Waals surface area contributed by atoms with Gasteiger partial charge in [-0.25, -0.2) is 0 Å². The van der Waals surface area contributed by atoms with E-state index in [4.69, 9.17) is 0 Å². The van der Waals surface area contributed by atoms with E-state index in [0.29, 0.717) is 4.83 Å². The lowest BCUT2D eigenvalue weighted by atomic mass is 9.77. The predicted octanol–water partition coefficient (Wildman–Crippen LogP) is 7.33. The van der Waals surface area contributed by atoms with Gasteiger partial charge in [0, 0.05) is 9.53 Å². The lowest BCUT2D eigenvalue weighted by Crippen LogP contribution is -2.17. The molecule has 114 valence electrons. The molecule has 1 aromatic carbocycles. The summed E-state index contributed by atoms with van der Waals surface area (Å²) in [4.78, 5) is 0.542. The Kier molecular flexibility index (Phi) is 5.39. The molecule has 1 heterocycles. The van der Waals surface area contributed by atoms with E-state index in [1.807, 2.05) is 11.3 Å². The van der Waals surface area contributed by atoms with Gasteiger partial charge in [0.2, 0.25) is 0 Å². The molecule has 3 rings (SSSR count). The van der Waals surface area contributed by atoms with Crippen molar-refractivity contribution in [3.63, 3.8) is 0 Å². The summed E-state index contributed by atoms with van der Waals surface area (Å²) in [5.41, 5.74) is 1.52. The summed E-state index contributed by atoms with van der Waals surface area (Å²) in [6.07, 6.45) is 9.90. The molecule has 0 bridgehead atoms. The number of benzene rings is 1. The Hall–Kier alpha value is -0.340. The first kappa shape index (κ1) is 15.6. The number of rotatable bonds is 5. The summed E-state index contributed by atoms with van der Waals surface area (Å²) in [6, 6.07) is 8.83. The summed E-state index contributed by atoms with van der Waals surface area (Å²) in [7, 11) is 0. The summed E-state index contributed by atoms with van der Waals surface area (Å²) in [5.74, 6) is 1.82. The van der Waals surface area contributed by atoms with Crippen LogP contribution < -0.4 is 0 Å². The van der Waals surface area contributed by atoms with Crippen LogP contribution in [0.15, 0.2) is 29.6 Å². The Bertz CT molecular complexity index is 566. The number of fused-ring (bicyclic) bond motifs is 1. The first-order chi connectivity index (χ1) is 10.3. The van der Waals surface area contributed by atoms with E-state index in [2.05, 4.69) is 52.5 Å². The maximum absolute atomic E-state index is 4.03. The number of unbranched alkanes of at least 4 members (excludes halogenated alkanes) is 1. The third-order valence-electron chi connectivity index (χ3n) is 5.08. The molecule has 0 N–H and O–H groups in total. The number of halogens is 1. The topological polar surface area (TPSA) is 0 Å². The van der Waals surface area contributed by atoms with E-state index < -0.39 is 0 Å². The van der Waals surface area contributed by atoms with E-state index in [9.17, 15) is 0 Å². The molecule has 1 unspecified atom stereocenters. The maximum Gasteiger partial charge on any atom is 0.0437 e. The minimum atomic E-state index is 0.542. The van der Waals surface area contributed by atoms with Crippen molar-refractivity contribution in [3.05, 3.63) is 35.2 Å². The molecule has 0 aliphatic heterocycles. The van der Waals surface area contributed by atoms with Gasteiger partial charge in [-0.15, -0.1) is 11.3 Å². The van der Waals surface area contributed by atoms with Gasteiger partial charge in [-0.05, 0) is 47.1 Å². The Morgan fingerprint density at radius 3 is 2.71 bits per heavy atom. The van der Waals surface area contributed by atoms with E-state index in [-0.39, 0.29) is 0 Å². The lowest BCUT2D eigenvalue weighted by molar-refractivity contribution is 0.258. The smallest absolute Gasteiger partial charge is 0.0437 e. The second-order valence-corrected chi connectivity index (χ2v) is 8.41. The van der Waals surface area contributed by atoms with Crippen LogP contribution >= 0.6 is 27.3 Å². The predicted molar refractivity (Wildman–Crippen MR) is 98.5 cm³/mol. The number of thiophene rings is 1. The molecule has 2 heteroatoms. The van der Waals surface area contributed by atoms with Gasteiger partial charge in [0.25, 0.3) is 0 Å². The molecule has 1 fully saturated rings. The van der Waals surface area contributed by atoms with Crippen LogP contribution in [0.3, 0.4) is 0 Å². The lowest BCUT2D eigenvalue weighted by Gasteiger charge is -2.31. The average molecular weight is 365 g/mol. The van der Waals surface area contributed by atoms with Crippen LogP contribution in [0.25, 0.3) is 10.1 Å². The Morgan fingerprint density at radius 1 is 1.19 bits per heavy atom. The van der Waals surface area contributed by atoms with Gasteiger partial charge in [-0.1, -0.05) is 73.2 Å². The van der Waals surface area contributed by atoms with Gasteiger partial charge in [0.05, 0.1) is 0 Å². The molecule has 0 spiro atoms. The van der Waals surface area contributed by atoms with E-state index in [1.165, 1.54) is 60.6 Å².